The Hall–Kier alpha value is -1.96. The van der Waals surface area contributed by atoms with E-state index in [2.05, 4.69) is 4.74 Å². The number of thiophene rings is 2. The highest BCUT2D eigenvalue weighted by atomic mass is 32.1. The predicted octanol–water partition coefficient (Wildman–Crippen LogP) is 7.19. The second-order valence-corrected chi connectivity index (χ2v) is 7.84. The smallest absolute Gasteiger partial charge is 0.283 e. The van der Waals surface area contributed by atoms with Gasteiger partial charge in [0, 0.05) is 9.75 Å². The molecule has 0 spiro atoms. The number of ketones is 1. The van der Waals surface area contributed by atoms with Gasteiger partial charge < -0.3 is 0 Å². The number of ether oxygens (including phenoxy) is 3. The first kappa shape index (κ1) is 28.3. The summed E-state index contributed by atoms with van der Waals surface area (Å²) in [6, 6.07) is 4.71. The van der Waals surface area contributed by atoms with Crippen LogP contribution in [0, 0.1) is 0 Å². The fraction of sp³-hybridized carbons (Fsp3) is 0.400. The van der Waals surface area contributed by atoms with Crippen molar-refractivity contribution < 1.29 is 76.1 Å². The zero-order chi connectivity index (χ0) is 26.4. The van der Waals surface area contributed by atoms with Gasteiger partial charge >= 0.3 is 36.9 Å². The Bertz CT molecular complexity index is 998. The molecule has 0 aliphatic heterocycles. The monoisotopic (exact) mass is 560 g/mol. The van der Waals surface area contributed by atoms with E-state index in [1.165, 1.54) is 17.5 Å². The fourth-order valence-corrected chi connectivity index (χ4v) is 3.71. The molecule has 0 atom stereocenters. The van der Waals surface area contributed by atoms with Crippen molar-refractivity contribution in [3.05, 3.63) is 34.5 Å². The maximum Gasteiger partial charge on any atom is 0.527 e. The first-order valence-corrected chi connectivity index (χ1v) is 9.55. The lowest BCUT2D eigenvalue weighted by molar-refractivity contribution is -0.561. The molecule has 0 amide bonds. The number of halogens is 13. The predicted molar refractivity (Wildman–Crippen MR) is 86.0 cm³/mol. The summed E-state index contributed by atoms with van der Waals surface area (Å²) < 4.78 is 174. The molecule has 2 aromatic heterocycles. The van der Waals surface area contributed by atoms with Crippen molar-refractivity contribution in [2.75, 3.05) is 0 Å². The molecule has 0 radical (unpaired) electrons. The zero-order valence-electron chi connectivity index (χ0n) is 15.2. The molecule has 4 nitrogen and oxygen atoms in total. The number of hydrogen-bond acceptors (Lipinski definition) is 6. The summed E-state index contributed by atoms with van der Waals surface area (Å²) in [5, 5.41) is 1.54. The van der Waals surface area contributed by atoms with Crippen molar-refractivity contribution in [1.29, 1.82) is 0 Å². The van der Waals surface area contributed by atoms with E-state index in [9.17, 15) is 61.9 Å². The molecule has 192 valence electrons. The van der Waals surface area contributed by atoms with Crippen LogP contribution < -0.4 is 0 Å². The molecule has 0 saturated carbocycles. The van der Waals surface area contributed by atoms with E-state index in [1.807, 2.05) is 0 Å². The number of carbonyl (C=O) groups is 1. The lowest BCUT2D eigenvalue weighted by atomic mass is 10.3. The molecular weight excluding hydrogens is 555 g/mol. The van der Waals surface area contributed by atoms with Crippen molar-refractivity contribution in [1.82, 2.24) is 0 Å². The van der Waals surface area contributed by atoms with Crippen LogP contribution in [0.2, 0.25) is 0 Å². The van der Waals surface area contributed by atoms with E-state index in [4.69, 9.17) is 0 Å². The summed E-state index contributed by atoms with van der Waals surface area (Å²) in [6.45, 7) is 0. The zero-order valence-corrected chi connectivity index (χ0v) is 16.9. The first-order valence-electron chi connectivity index (χ1n) is 7.85. The summed E-state index contributed by atoms with van der Waals surface area (Å²) in [6.07, 6.45) is -40.7. The number of carbonyl (C=O) groups excluding carboxylic acids is 1. The second-order valence-electron chi connectivity index (χ2n) is 5.81. The van der Waals surface area contributed by atoms with Crippen LogP contribution in [0.3, 0.4) is 0 Å². The Morgan fingerprint density at radius 1 is 0.647 bits per heavy atom. The van der Waals surface area contributed by atoms with Crippen LogP contribution >= 0.6 is 22.7 Å². The lowest BCUT2D eigenvalue weighted by Crippen LogP contribution is -2.57. The molecule has 0 aromatic carbocycles. The quantitative estimate of drug-likeness (QED) is 0.228. The molecular formula is C15H5F13O4S2. The highest BCUT2D eigenvalue weighted by Gasteiger charge is 2.74. The van der Waals surface area contributed by atoms with Crippen LogP contribution in [0.15, 0.2) is 29.6 Å². The van der Waals surface area contributed by atoms with E-state index in [-0.39, 0.29) is 16.2 Å². The van der Waals surface area contributed by atoms with E-state index in [0.29, 0.717) is 10.9 Å². The van der Waals surface area contributed by atoms with E-state index in [0.717, 1.165) is 17.4 Å². The van der Waals surface area contributed by atoms with Crippen molar-refractivity contribution in [3.63, 3.8) is 0 Å². The van der Waals surface area contributed by atoms with Gasteiger partial charge in [-0.25, -0.2) is 14.2 Å². The Labute approximate surface area is 186 Å². The molecule has 0 saturated heterocycles. The molecule has 2 rings (SSSR count). The van der Waals surface area contributed by atoms with E-state index < -0.39 is 47.6 Å². The Morgan fingerprint density at radius 3 is 1.62 bits per heavy atom. The molecule has 2 aromatic rings. The highest BCUT2D eigenvalue weighted by molar-refractivity contribution is 7.22. The standard InChI is InChI=1S/C15H5F13O4S2/c16-10(17,9(29)8-4-3-7(34-8)6-2-1-5-33-6)30-11(18,19)12(20,21)31-13(22,23)14(24,25)32-15(26,27)28/h1-5H. The third kappa shape index (κ3) is 6.18. The minimum Gasteiger partial charge on any atom is -0.283 e. The average Bonchev–Trinajstić information content (AvgIpc) is 3.28. The van der Waals surface area contributed by atoms with Crippen molar-refractivity contribution >= 4 is 28.5 Å². The van der Waals surface area contributed by atoms with Crippen molar-refractivity contribution in [2.45, 2.75) is 36.9 Å². The van der Waals surface area contributed by atoms with Gasteiger partial charge in [0.05, 0.1) is 4.88 Å². The summed E-state index contributed by atoms with van der Waals surface area (Å²) >= 11 is 1.34. The Kier molecular flexibility index (Phi) is 7.42. The van der Waals surface area contributed by atoms with Gasteiger partial charge in [-0.1, -0.05) is 6.07 Å². The molecule has 0 fully saturated rings. The number of rotatable bonds is 10. The number of alkyl halides is 13. The van der Waals surface area contributed by atoms with Crippen LogP contribution in [0.4, 0.5) is 57.1 Å². The summed E-state index contributed by atoms with van der Waals surface area (Å²) in [7, 11) is 0. The average molecular weight is 560 g/mol. The first-order chi connectivity index (χ1) is 15.1. The van der Waals surface area contributed by atoms with Crippen LogP contribution in [-0.4, -0.2) is 42.7 Å². The normalized spacial score (nSPS) is 14.5. The van der Waals surface area contributed by atoms with Crippen LogP contribution in [0.5, 0.6) is 0 Å². The fourth-order valence-electron chi connectivity index (χ4n) is 1.91. The van der Waals surface area contributed by atoms with E-state index in [1.54, 1.807) is 9.47 Å². The van der Waals surface area contributed by atoms with Crippen molar-refractivity contribution in [2.24, 2.45) is 0 Å². The van der Waals surface area contributed by atoms with Gasteiger partial charge in [-0.05, 0) is 23.6 Å². The van der Waals surface area contributed by atoms with Gasteiger partial charge in [0.15, 0.2) is 0 Å². The molecule has 34 heavy (non-hydrogen) atoms. The summed E-state index contributed by atoms with van der Waals surface area (Å²) in [5.41, 5.74) is 0. The number of Topliss-reactive ketones (excluding diaryl/α,β-unsaturated/α-hetero) is 1. The van der Waals surface area contributed by atoms with Gasteiger partial charge in [0.1, 0.15) is 0 Å². The van der Waals surface area contributed by atoms with Gasteiger partial charge in [-0.2, -0.15) is 43.9 Å². The molecule has 0 aliphatic carbocycles. The largest absolute Gasteiger partial charge is 0.527 e. The molecule has 0 aliphatic rings. The van der Waals surface area contributed by atoms with Crippen LogP contribution in [0.25, 0.3) is 9.75 Å². The third-order valence-electron chi connectivity index (χ3n) is 3.29. The summed E-state index contributed by atoms with van der Waals surface area (Å²) in [5.74, 6) is -2.66. The Balaban J connectivity index is 2.22. The minimum atomic E-state index is -7.15. The van der Waals surface area contributed by atoms with Gasteiger partial charge in [-0.15, -0.1) is 35.8 Å². The van der Waals surface area contributed by atoms with Gasteiger partial charge in [0.25, 0.3) is 5.78 Å². The van der Waals surface area contributed by atoms with Crippen LogP contribution in [-0.2, 0) is 14.2 Å². The Morgan fingerprint density at radius 2 is 1.15 bits per heavy atom. The molecule has 19 heteroatoms. The topological polar surface area (TPSA) is 44.8 Å². The van der Waals surface area contributed by atoms with Gasteiger partial charge in [0.2, 0.25) is 0 Å². The van der Waals surface area contributed by atoms with Gasteiger partial charge in [-0.3, -0.25) is 4.79 Å². The molecule has 0 unspecified atom stereocenters. The number of hydrogen-bond donors (Lipinski definition) is 0. The molecule has 2 heterocycles. The van der Waals surface area contributed by atoms with Crippen molar-refractivity contribution in [3.8, 4) is 9.75 Å². The third-order valence-corrected chi connectivity index (χ3v) is 5.44. The van der Waals surface area contributed by atoms with Crippen LogP contribution in [0.1, 0.15) is 9.67 Å². The maximum absolute atomic E-state index is 13.8. The maximum atomic E-state index is 13.8. The molecule has 0 bridgehead atoms. The SMILES string of the molecule is O=C(c1ccc(-c2cccs2)s1)C(F)(F)OC(F)(F)C(F)(F)OC(F)(F)C(F)(F)OC(F)(F)F. The second kappa shape index (κ2) is 8.92. The highest BCUT2D eigenvalue weighted by Crippen LogP contribution is 2.49. The lowest BCUT2D eigenvalue weighted by Gasteiger charge is -2.33. The minimum absolute atomic E-state index is 0.154. The summed E-state index contributed by atoms with van der Waals surface area (Å²) in [4.78, 5) is 11.3. The van der Waals surface area contributed by atoms with E-state index >= 15 is 0 Å². The molecule has 0 N–H and O–H groups in total.